The number of carbonyl (C=O) groups excluding carboxylic acids is 1. The monoisotopic (exact) mass is 277 g/mol. The van der Waals surface area contributed by atoms with Gasteiger partial charge in [0, 0.05) is 24.8 Å². The fourth-order valence-electron chi connectivity index (χ4n) is 2.47. The lowest BCUT2D eigenvalue weighted by atomic mass is 10.1. The third-order valence-corrected chi connectivity index (χ3v) is 3.78. The van der Waals surface area contributed by atoms with E-state index in [2.05, 4.69) is 22.1 Å². The Hall–Kier alpha value is -1.62. The number of pyridine rings is 1. The summed E-state index contributed by atoms with van der Waals surface area (Å²) in [5, 5.41) is 2.97. The molecule has 1 aromatic heterocycles. The third-order valence-electron chi connectivity index (χ3n) is 3.78. The highest BCUT2D eigenvalue weighted by atomic mass is 16.5. The second-order valence-electron chi connectivity index (χ2n) is 5.24. The summed E-state index contributed by atoms with van der Waals surface area (Å²) >= 11 is 0. The van der Waals surface area contributed by atoms with Crippen LogP contribution < -0.4 is 10.1 Å². The number of rotatable bonds is 5. The molecule has 5 nitrogen and oxygen atoms in total. The summed E-state index contributed by atoms with van der Waals surface area (Å²) in [6, 6.07) is 3.81. The Bertz CT molecular complexity index is 427. The summed E-state index contributed by atoms with van der Waals surface area (Å²) < 4.78 is 4.98. The maximum atomic E-state index is 12.0. The first-order valence-electron chi connectivity index (χ1n) is 7.23. The number of amides is 1. The number of methoxy groups -OCH3 is 1. The predicted octanol–water partition coefficient (Wildman–Crippen LogP) is 1.69. The molecule has 5 heteroatoms. The van der Waals surface area contributed by atoms with Gasteiger partial charge in [0.2, 0.25) is 5.88 Å². The molecule has 0 radical (unpaired) electrons. The van der Waals surface area contributed by atoms with Crippen LogP contribution in [0.5, 0.6) is 5.88 Å². The van der Waals surface area contributed by atoms with E-state index in [1.165, 1.54) is 19.3 Å². The Morgan fingerprint density at radius 3 is 2.75 bits per heavy atom. The van der Waals surface area contributed by atoms with E-state index in [0.29, 0.717) is 24.0 Å². The van der Waals surface area contributed by atoms with Crippen LogP contribution in [-0.2, 0) is 0 Å². The SMILES string of the molecule is COc1ccc(C(=O)NC[C@H](C)N2CCCCC2)cn1. The van der Waals surface area contributed by atoms with Crippen molar-refractivity contribution in [3.05, 3.63) is 23.9 Å². The fourth-order valence-corrected chi connectivity index (χ4v) is 2.47. The smallest absolute Gasteiger partial charge is 0.252 e. The molecule has 1 aliphatic rings. The molecule has 20 heavy (non-hydrogen) atoms. The van der Waals surface area contributed by atoms with Gasteiger partial charge in [0.05, 0.1) is 12.7 Å². The van der Waals surface area contributed by atoms with Gasteiger partial charge >= 0.3 is 0 Å². The van der Waals surface area contributed by atoms with E-state index in [1.807, 2.05) is 0 Å². The molecule has 2 heterocycles. The van der Waals surface area contributed by atoms with Gasteiger partial charge in [-0.05, 0) is 38.9 Å². The number of nitrogens with zero attached hydrogens (tertiary/aromatic N) is 2. The number of piperidine rings is 1. The summed E-state index contributed by atoms with van der Waals surface area (Å²) in [4.78, 5) is 18.5. The number of hydrogen-bond acceptors (Lipinski definition) is 4. The first-order chi connectivity index (χ1) is 9.70. The van der Waals surface area contributed by atoms with E-state index in [1.54, 1.807) is 25.4 Å². The second-order valence-corrected chi connectivity index (χ2v) is 5.24. The number of ether oxygens (including phenoxy) is 1. The Kier molecular flexibility index (Phi) is 5.35. The zero-order chi connectivity index (χ0) is 14.4. The third kappa shape index (κ3) is 3.93. The maximum absolute atomic E-state index is 12.0. The number of nitrogens with one attached hydrogen (secondary N) is 1. The van der Waals surface area contributed by atoms with Crippen molar-refractivity contribution in [2.24, 2.45) is 0 Å². The fraction of sp³-hybridized carbons (Fsp3) is 0.600. The van der Waals surface area contributed by atoms with E-state index < -0.39 is 0 Å². The molecular formula is C15H23N3O2. The molecule has 1 aliphatic heterocycles. The van der Waals surface area contributed by atoms with Crippen molar-refractivity contribution in [1.29, 1.82) is 0 Å². The van der Waals surface area contributed by atoms with Gasteiger partial charge in [-0.2, -0.15) is 0 Å². The van der Waals surface area contributed by atoms with E-state index in [9.17, 15) is 4.79 Å². The minimum Gasteiger partial charge on any atom is -0.481 e. The minimum atomic E-state index is -0.0796. The second kappa shape index (κ2) is 7.24. The van der Waals surface area contributed by atoms with E-state index >= 15 is 0 Å². The van der Waals surface area contributed by atoms with Gasteiger partial charge in [-0.1, -0.05) is 6.42 Å². The van der Waals surface area contributed by atoms with Crippen LogP contribution in [0.25, 0.3) is 0 Å². The zero-order valence-electron chi connectivity index (χ0n) is 12.3. The molecule has 0 unspecified atom stereocenters. The van der Waals surface area contributed by atoms with Gasteiger partial charge in [0.15, 0.2) is 0 Å². The molecule has 0 aliphatic carbocycles. The quantitative estimate of drug-likeness (QED) is 0.890. The standard InChI is InChI=1S/C15H23N3O2/c1-12(18-8-4-3-5-9-18)10-17-15(19)13-6-7-14(20-2)16-11-13/h6-7,11-12H,3-5,8-10H2,1-2H3,(H,17,19)/t12-/m0/s1. The van der Waals surface area contributed by atoms with Crippen LogP contribution in [0, 0.1) is 0 Å². The van der Waals surface area contributed by atoms with Crippen molar-refractivity contribution >= 4 is 5.91 Å². The van der Waals surface area contributed by atoms with Crippen LogP contribution in [0.3, 0.4) is 0 Å². The van der Waals surface area contributed by atoms with Crippen molar-refractivity contribution in [2.45, 2.75) is 32.2 Å². The molecule has 0 bridgehead atoms. The molecule has 1 saturated heterocycles. The van der Waals surface area contributed by atoms with Gasteiger partial charge in [-0.3, -0.25) is 9.69 Å². The van der Waals surface area contributed by atoms with Crippen LogP contribution in [-0.4, -0.2) is 48.6 Å². The highest BCUT2D eigenvalue weighted by Crippen LogP contribution is 2.12. The summed E-state index contributed by atoms with van der Waals surface area (Å²) in [6.07, 6.45) is 5.40. The van der Waals surface area contributed by atoms with Crippen molar-refractivity contribution in [3.8, 4) is 5.88 Å². The Morgan fingerprint density at radius 1 is 1.40 bits per heavy atom. The molecular weight excluding hydrogens is 254 g/mol. The van der Waals surface area contributed by atoms with Crippen LogP contribution in [0.15, 0.2) is 18.3 Å². The van der Waals surface area contributed by atoms with Gasteiger partial charge < -0.3 is 10.1 Å². The summed E-state index contributed by atoms with van der Waals surface area (Å²) in [5.74, 6) is 0.437. The molecule has 1 fully saturated rings. The lowest BCUT2D eigenvalue weighted by Crippen LogP contribution is -2.44. The molecule has 1 amide bonds. The van der Waals surface area contributed by atoms with Crippen molar-refractivity contribution in [3.63, 3.8) is 0 Å². The number of likely N-dealkylation sites (tertiary alicyclic amines) is 1. The average molecular weight is 277 g/mol. The number of aromatic nitrogens is 1. The molecule has 1 N–H and O–H groups in total. The van der Waals surface area contributed by atoms with Crippen molar-refractivity contribution < 1.29 is 9.53 Å². The lowest BCUT2D eigenvalue weighted by molar-refractivity contribution is 0.0929. The van der Waals surface area contributed by atoms with Gasteiger partial charge in [0.25, 0.3) is 5.91 Å². The van der Waals surface area contributed by atoms with Gasteiger partial charge in [0.1, 0.15) is 0 Å². The maximum Gasteiger partial charge on any atom is 0.252 e. The van der Waals surface area contributed by atoms with Gasteiger partial charge in [-0.25, -0.2) is 4.98 Å². The normalized spacial score (nSPS) is 17.5. The number of carbonyl (C=O) groups is 1. The summed E-state index contributed by atoms with van der Waals surface area (Å²) in [7, 11) is 1.56. The first-order valence-corrected chi connectivity index (χ1v) is 7.23. The average Bonchev–Trinajstić information content (AvgIpc) is 2.53. The van der Waals surface area contributed by atoms with Crippen molar-refractivity contribution in [1.82, 2.24) is 15.2 Å². The predicted molar refractivity (Wildman–Crippen MR) is 78.0 cm³/mol. The molecule has 1 atom stereocenters. The zero-order valence-corrected chi connectivity index (χ0v) is 12.3. The number of hydrogen-bond donors (Lipinski definition) is 1. The van der Waals surface area contributed by atoms with Crippen LogP contribution >= 0.6 is 0 Å². The van der Waals surface area contributed by atoms with Crippen molar-refractivity contribution in [2.75, 3.05) is 26.7 Å². The largest absolute Gasteiger partial charge is 0.481 e. The lowest BCUT2D eigenvalue weighted by Gasteiger charge is -2.32. The van der Waals surface area contributed by atoms with Crippen LogP contribution in [0.2, 0.25) is 0 Å². The van der Waals surface area contributed by atoms with E-state index in [4.69, 9.17) is 4.74 Å². The Morgan fingerprint density at radius 2 is 2.15 bits per heavy atom. The van der Waals surface area contributed by atoms with E-state index in [0.717, 1.165) is 13.1 Å². The minimum absolute atomic E-state index is 0.0796. The molecule has 2 rings (SSSR count). The summed E-state index contributed by atoms with van der Waals surface area (Å²) in [5.41, 5.74) is 0.566. The molecule has 0 saturated carbocycles. The Balaban J connectivity index is 1.81. The molecule has 1 aromatic rings. The molecule has 0 spiro atoms. The topological polar surface area (TPSA) is 54.5 Å². The highest BCUT2D eigenvalue weighted by Gasteiger charge is 2.17. The van der Waals surface area contributed by atoms with Crippen LogP contribution in [0.4, 0.5) is 0 Å². The first kappa shape index (κ1) is 14.8. The van der Waals surface area contributed by atoms with E-state index in [-0.39, 0.29) is 5.91 Å². The van der Waals surface area contributed by atoms with Gasteiger partial charge in [-0.15, -0.1) is 0 Å². The highest BCUT2D eigenvalue weighted by molar-refractivity contribution is 5.93. The van der Waals surface area contributed by atoms with Crippen LogP contribution in [0.1, 0.15) is 36.5 Å². The molecule has 0 aromatic carbocycles. The Labute approximate surface area is 120 Å². The molecule has 110 valence electrons. The summed E-state index contributed by atoms with van der Waals surface area (Å²) in [6.45, 7) is 5.12.